The summed E-state index contributed by atoms with van der Waals surface area (Å²) in [5.41, 5.74) is 0.998. The number of hydrogen-bond donors (Lipinski definition) is 0. The molecule has 0 aliphatic carbocycles. The van der Waals surface area contributed by atoms with E-state index in [4.69, 9.17) is 14.0 Å². The molecule has 1 aliphatic heterocycles. The van der Waals surface area contributed by atoms with Crippen molar-refractivity contribution in [3.8, 4) is 22.9 Å². The van der Waals surface area contributed by atoms with Crippen molar-refractivity contribution in [3.05, 3.63) is 48.4 Å². The number of anilines is 1. The quantitative estimate of drug-likeness (QED) is 0.587. The number of benzene rings is 2. The van der Waals surface area contributed by atoms with E-state index < -0.39 is 9.84 Å². The summed E-state index contributed by atoms with van der Waals surface area (Å²) in [5.74, 6) is 1.13. The number of amides is 1. The fourth-order valence-corrected chi connectivity index (χ4v) is 4.01. The molecule has 3 aromatic rings. The Morgan fingerprint density at radius 2 is 2.00 bits per heavy atom. The van der Waals surface area contributed by atoms with Crippen molar-refractivity contribution >= 4 is 21.4 Å². The summed E-state index contributed by atoms with van der Waals surface area (Å²) in [6.07, 6.45) is 0. The van der Waals surface area contributed by atoms with Gasteiger partial charge in [-0.1, -0.05) is 24.2 Å². The van der Waals surface area contributed by atoms with Crippen LogP contribution in [0.3, 0.4) is 0 Å². The minimum Gasteiger partial charge on any atom is -0.496 e. The molecule has 1 aromatic heterocycles. The van der Waals surface area contributed by atoms with Crippen molar-refractivity contribution in [2.75, 3.05) is 24.4 Å². The monoisotopic (exact) mass is 429 g/mol. The summed E-state index contributed by atoms with van der Waals surface area (Å²) in [5, 5.41) is 3.98. The Morgan fingerprint density at radius 3 is 2.77 bits per heavy atom. The first-order chi connectivity index (χ1) is 14.4. The lowest BCUT2D eigenvalue weighted by molar-refractivity contribution is -0.121. The minimum absolute atomic E-state index is 0.0209. The Hall–Kier alpha value is -3.40. The standard InChI is InChI=1S/C20H19N3O6S/c1-3-30(25,26)13-8-9-17-15(10-13)23(19(24)12-28-17)11-18-21-20(22-29-18)14-6-4-5-7-16(14)27-2/h4-10H,3,11-12H2,1-2H3. The molecular weight excluding hydrogens is 410 g/mol. The Morgan fingerprint density at radius 1 is 1.20 bits per heavy atom. The van der Waals surface area contributed by atoms with E-state index in [1.807, 2.05) is 12.1 Å². The van der Waals surface area contributed by atoms with E-state index in [1.165, 1.54) is 17.0 Å². The summed E-state index contributed by atoms with van der Waals surface area (Å²) < 4.78 is 40.6. The minimum atomic E-state index is -3.44. The number of carbonyl (C=O) groups excluding carboxylic acids is 1. The van der Waals surface area contributed by atoms with Gasteiger partial charge in [0, 0.05) is 0 Å². The zero-order valence-electron chi connectivity index (χ0n) is 16.4. The average molecular weight is 429 g/mol. The van der Waals surface area contributed by atoms with Gasteiger partial charge in [-0.15, -0.1) is 0 Å². The molecular formula is C20H19N3O6S. The maximum Gasteiger partial charge on any atom is 0.265 e. The lowest BCUT2D eigenvalue weighted by Crippen LogP contribution is -2.38. The van der Waals surface area contributed by atoms with Crippen LogP contribution >= 0.6 is 0 Å². The second-order valence-corrected chi connectivity index (χ2v) is 8.79. The molecule has 0 saturated carbocycles. The molecule has 0 fully saturated rings. The van der Waals surface area contributed by atoms with Crippen LogP contribution in [0.5, 0.6) is 11.5 Å². The molecule has 10 heteroatoms. The summed E-state index contributed by atoms with van der Waals surface area (Å²) in [6, 6.07) is 11.7. The summed E-state index contributed by atoms with van der Waals surface area (Å²) in [6.45, 7) is 1.37. The van der Waals surface area contributed by atoms with Crippen LogP contribution in [0.2, 0.25) is 0 Å². The van der Waals surface area contributed by atoms with E-state index in [1.54, 1.807) is 32.2 Å². The normalized spacial score (nSPS) is 13.7. The number of carbonyl (C=O) groups is 1. The molecule has 0 saturated heterocycles. The van der Waals surface area contributed by atoms with Gasteiger partial charge in [0.25, 0.3) is 5.91 Å². The van der Waals surface area contributed by atoms with Crippen molar-refractivity contribution in [1.82, 2.24) is 10.1 Å². The molecule has 0 spiro atoms. The largest absolute Gasteiger partial charge is 0.496 e. The Labute approximate surface area is 173 Å². The van der Waals surface area contributed by atoms with Crippen molar-refractivity contribution < 1.29 is 27.2 Å². The van der Waals surface area contributed by atoms with Crippen LogP contribution in [0.4, 0.5) is 5.69 Å². The fraction of sp³-hybridized carbons (Fsp3) is 0.250. The van der Waals surface area contributed by atoms with E-state index in [0.717, 1.165) is 0 Å². The van der Waals surface area contributed by atoms with E-state index >= 15 is 0 Å². The van der Waals surface area contributed by atoms with Gasteiger partial charge >= 0.3 is 0 Å². The number of hydrogen-bond acceptors (Lipinski definition) is 8. The maximum absolute atomic E-state index is 12.5. The number of para-hydroxylation sites is 1. The molecule has 0 radical (unpaired) electrons. The lowest BCUT2D eigenvalue weighted by Gasteiger charge is -2.28. The Kier molecular flexibility index (Phi) is 5.17. The molecule has 4 rings (SSSR count). The van der Waals surface area contributed by atoms with Crippen molar-refractivity contribution in [3.63, 3.8) is 0 Å². The SMILES string of the molecule is CCS(=O)(=O)c1ccc2c(c1)N(Cc1nc(-c3ccccc3OC)no1)C(=O)CO2. The molecule has 2 heterocycles. The van der Waals surface area contributed by atoms with Gasteiger partial charge in [0.05, 0.1) is 29.0 Å². The number of methoxy groups -OCH3 is 1. The smallest absolute Gasteiger partial charge is 0.265 e. The average Bonchev–Trinajstić information content (AvgIpc) is 3.23. The molecule has 9 nitrogen and oxygen atoms in total. The third kappa shape index (κ3) is 3.61. The van der Waals surface area contributed by atoms with Gasteiger partial charge in [-0.25, -0.2) is 8.42 Å². The first-order valence-electron chi connectivity index (χ1n) is 9.19. The number of ether oxygens (including phenoxy) is 2. The Bertz CT molecular complexity index is 1200. The van der Waals surface area contributed by atoms with Crippen LogP contribution in [0, 0.1) is 0 Å². The van der Waals surface area contributed by atoms with Gasteiger partial charge in [-0.3, -0.25) is 9.69 Å². The number of fused-ring (bicyclic) bond motifs is 1. The van der Waals surface area contributed by atoms with Crippen LogP contribution in [-0.2, 0) is 21.2 Å². The van der Waals surface area contributed by atoms with Gasteiger partial charge < -0.3 is 14.0 Å². The van der Waals surface area contributed by atoms with Crippen LogP contribution in [-0.4, -0.2) is 43.9 Å². The maximum atomic E-state index is 12.5. The summed E-state index contributed by atoms with van der Waals surface area (Å²) in [7, 11) is -1.90. The highest BCUT2D eigenvalue weighted by Gasteiger charge is 2.29. The topological polar surface area (TPSA) is 112 Å². The number of nitrogens with zero attached hydrogens (tertiary/aromatic N) is 3. The molecule has 30 heavy (non-hydrogen) atoms. The summed E-state index contributed by atoms with van der Waals surface area (Å²) >= 11 is 0. The Balaban J connectivity index is 1.67. The number of sulfone groups is 1. The molecule has 2 aromatic carbocycles. The number of rotatable bonds is 6. The van der Waals surface area contributed by atoms with Gasteiger partial charge in [-0.2, -0.15) is 4.98 Å². The third-order valence-electron chi connectivity index (χ3n) is 4.72. The fourth-order valence-electron chi connectivity index (χ4n) is 3.11. The lowest BCUT2D eigenvalue weighted by atomic mass is 10.2. The molecule has 0 atom stereocenters. The zero-order valence-corrected chi connectivity index (χ0v) is 17.2. The molecule has 1 amide bonds. The van der Waals surface area contributed by atoms with Crippen LogP contribution in [0.15, 0.2) is 51.9 Å². The van der Waals surface area contributed by atoms with Gasteiger partial charge in [0.1, 0.15) is 18.0 Å². The number of aromatic nitrogens is 2. The van der Waals surface area contributed by atoms with Crippen LogP contribution in [0.25, 0.3) is 11.4 Å². The van der Waals surface area contributed by atoms with Crippen molar-refractivity contribution in [1.29, 1.82) is 0 Å². The zero-order chi connectivity index (χ0) is 21.3. The van der Waals surface area contributed by atoms with Crippen molar-refractivity contribution in [2.24, 2.45) is 0 Å². The molecule has 0 N–H and O–H groups in total. The van der Waals surface area contributed by atoms with E-state index in [0.29, 0.717) is 28.6 Å². The van der Waals surface area contributed by atoms with E-state index in [-0.39, 0.29) is 35.6 Å². The second kappa shape index (κ2) is 7.79. The van der Waals surface area contributed by atoms with Gasteiger partial charge in [-0.05, 0) is 30.3 Å². The molecule has 0 unspecified atom stereocenters. The third-order valence-corrected chi connectivity index (χ3v) is 6.45. The predicted molar refractivity (Wildman–Crippen MR) is 107 cm³/mol. The van der Waals surface area contributed by atoms with Crippen LogP contribution in [0.1, 0.15) is 12.8 Å². The molecule has 156 valence electrons. The van der Waals surface area contributed by atoms with Gasteiger partial charge in [0.15, 0.2) is 16.4 Å². The highest BCUT2D eigenvalue weighted by molar-refractivity contribution is 7.91. The molecule has 1 aliphatic rings. The summed E-state index contributed by atoms with van der Waals surface area (Å²) in [4.78, 5) is 18.4. The highest BCUT2D eigenvalue weighted by atomic mass is 32.2. The first kappa shape index (κ1) is 19.9. The van der Waals surface area contributed by atoms with Crippen molar-refractivity contribution in [2.45, 2.75) is 18.4 Å². The van der Waals surface area contributed by atoms with Crippen LogP contribution < -0.4 is 14.4 Å². The molecule has 0 bridgehead atoms. The first-order valence-corrected chi connectivity index (χ1v) is 10.8. The highest BCUT2D eigenvalue weighted by Crippen LogP contribution is 2.35. The second-order valence-electron chi connectivity index (χ2n) is 6.51. The predicted octanol–water partition coefficient (Wildman–Crippen LogP) is 2.46. The van der Waals surface area contributed by atoms with E-state index in [9.17, 15) is 13.2 Å². The van der Waals surface area contributed by atoms with Gasteiger partial charge in [0.2, 0.25) is 11.7 Å². The van der Waals surface area contributed by atoms with E-state index in [2.05, 4.69) is 10.1 Å².